The van der Waals surface area contributed by atoms with E-state index in [1.54, 1.807) is 42.5 Å². The van der Waals surface area contributed by atoms with Crippen molar-refractivity contribution < 1.29 is 9.59 Å². The lowest BCUT2D eigenvalue weighted by Gasteiger charge is -2.04. The SMILES string of the molecule is O=C(C=Cc1ccccc1Cl)c1ccc(NC(=O)c2cccs2)cc1. The minimum absolute atomic E-state index is 0.129. The van der Waals surface area contributed by atoms with Crippen LogP contribution in [0.5, 0.6) is 0 Å². The van der Waals surface area contributed by atoms with Crippen molar-refractivity contribution in [2.24, 2.45) is 0 Å². The van der Waals surface area contributed by atoms with E-state index in [9.17, 15) is 9.59 Å². The van der Waals surface area contributed by atoms with Crippen LogP contribution in [0, 0.1) is 0 Å². The largest absolute Gasteiger partial charge is 0.321 e. The molecule has 0 aliphatic carbocycles. The van der Waals surface area contributed by atoms with E-state index in [-0.39, 0.29) is 11.7 Å². The maximum Gasteiger partial charge on any atom is 0.265 e. The summed E-state index contributed by atoms with van der Waals surface area (Å²) < 4.78 is 0. The van der Waals surface area contributed by atoms with E-state index < -0.39 is 0 Å². The molecule has 1 heterocycles. The maximum atomic E-state index is 12.2. The van der Waals surface area contributed by atoms with Gasteiger partial charge in [-0.25, -0.2) is 0 Å². The molecule has 1 amide bonds. The highest BCUT2D eigenvalue weighted by molar-refractivity contribution is 7.12. The van der Waals surface area contributed by atoms with Gasteiger partial charge in [-0.3, -0.25) is 9.59 Å². The normalized spacial score (nSPS) is 10.8. The standard InChI is InChI=1S/C20H14ClNO2S/c21-17-5-2-1-4-14(17)9-12-18(23)15-7-10-16(11-8-15)22-20(24)19-6-3-13-25-19/h1-13H,(H,22,24). The average Bonchev–Trinajstić information content (AvgIpc) is 3.16. The minimum Gasteiger partial charge on any atom is -0.321 e. The summed E-state index contributed by atoms with van der Waals surface area (Å²) in [5.41, 5.74) is 1.97. The van der Waals surface area contributed by atoms with Crippen LogP contribution in [-0.4, -0.2) is 11.7 Å². The number of allylic oxidation sites excluding steroid dienone is 1. The second-order valence-corrected chi connectivity index (χ2v) is 6.58. The van der Waals surface area contributed by atoms with E-state index in [1.165, 1.54) is 17.4 Å². The van der Waals surface area contributed by atoms with Crippen molar-refractivity contribution in [3.8, 4) is 0 Å². The Morgan fingerprint density at radius 2 is 1.72 bits per heavy atom. The van der Waals surface area contributed by atoms with Crippen LogP contribution >= 0.6 is 22.9 Å². The van der Waals surface area contributed by atoms with Crippen molar-refractivity contribution in [1.29, 1.82) is 0 Å². The Kier molecular flexibility index (Phi) is 5.43. The lowest BCUT2D eigenvalue weighted by molar-refractivity contribution is 0.102. The molecule has 5 heteroatoms. The van der Waals surface area contributed by atoms with E-state index in [0.29, 0.717) is 21.2 Å². The fourth-order valence-electron chi connectivity index (χ4n) is 2.19. The molecule has 124 valence electrons. The average molecular weight is 368 g/mol. The molecule has 0 unspecified atom stereocenters. The quantitative estimate of drug-likeness (QED) is 0.474. The van der Waals surface area contributed by atoms with E-state index in [1.807, 2.05) is 29.6 Å². The van der Waals surface area contributed by atoms with Crippen LogP contribution in [-0.2, 0) is 0 Å². The van der Waals surface area contributed by atoms with E-state index in [2.05, 4.69) is 5.32 Å². The Labute approximate surface area is 154 Å². The first kappa shape index (κ1) is 17.1. The highest BCUT2D eigenvalue weighted by atomic mass is 35.5. The molecule has 3 rings (SSSR count). The highest BCUT2D eigenvalue weighted by Gasteiger charge is 2.07. The number of carbonyl (C=O) groups excluding carboxylic acids is 2. The number of thiophene rings is 1. The first-order valence-corrected chi connectivity index (χ1v) is 8.81. The van der Waals surface area contributed by atoms with Crippen molar-refractivity contribution >= 4 is 46.4 Å². The lowest BCUT2D eigenvalue weighted by Crippen LogP contribution is -2.10. The molecule has 0 spiro atoms. The zero-order valence-corrected chi connectivity index (χ0v) is 14.7. The topological polar surface area (TPSA) is 46.2 Å². The zero-order chi connectivity index (χ0) is 17.6. The van der Waals surface area contributed by atoms with Gasteiger partial charge in [0.1, 0.15) is 0 Å². The number of halogens is 1. The molecule has 0 fully saturated rings. The van der Waals surface area contributed by atoms with Crippen molar-refractivity contribution in [1.82, 2.24) is 0 Å². The number of carbonyl (C=O) groups is 2. The Bertz CT molecular complexity index is 915. The number of nitrogens with one attached hydrogen (secondary N) is 1. The van der Waals surface area contributed by atoms with Gasteiger partial charge in [0.25, 0.3) is 5.91 Å². The summed E-state index contributed by atoms with van der Waals surface area (Å²) in [5.74, 6) is -0.288. The van der Waals surface area contributed by atoms with Crippen molar-refractivity contribution in [2.75, 3.05) is 5.32 Å². The molecule has 0 aliphatic rings. The Morgan fingerprint density at radius 3 is 2.40 bits per heavy atom. The molecule has 1 aromatic heterocycles. The minimum atomic E-state index is -0.160. The molecular formula is C20H14ClNO2S. The highest BCUT2D eigenvalue weighted by Crippen LogP contribution is 2.18. The molecule has 1 N–H and O–H groups in total. The molecule has 0 saturated carbocycles. The number of benzene rings is 2. The van der Waals surface area contributed by atoms with Crippen LogP contribution in [0.15, 0.2) is 72.1 Å². The smallest absolute Gasteiger partial charge is 0.265 e. The Hall–Kier alpha value is -2.69. The van der Waals surface area contributed by atoms with Crippen LogP contribution in [0.1, 0.15) is 25.6 Å². The Morgan fingerprint density at radius 1 is 0.960 bits per heavy atom. The molecule has 3 nitrogen and oxygen atoms in total. The van der Waals surface area contributed by atoms with E-state index in [4.69, 9.17) is 11.6 Å². The first-order valence-electron chi connectivity index (χ1n) is 7.55. The summed E-state index contributed by atoms with van der Waals surface area (Å²) >= 11 is 7.44. The predicted octanol–water partition coefficient (Wildman–Crippen LogP) is 5.55. The zero-order valence-electron chi connectivity index (χ0n) is 13.1. The molecule has 3 aromatic rings. The number of anilines is 1. The van der Waals surface area contributed by atoms with Gasteiger partial charge in [0.2, 0.25) is 0 Å². The predicted molar refractivity (Wildman–Crippen MR) is 104 cm³/mol. The molecule has 0 saturated heterocycles. The van der Waals surface area contributed by atoms with Gasteiger partial charge in [-0.2, -0.15) is 0 Å². The third-order valence-electron chi connectivity index (χ3n) is 3.49. The van der Waals surface area contributed by atoms with Gasteiger partial charge >= 0.3 is 0 Å². The summed E-state index contributed by atoms with van der Waals surface area (Å²) in [7, 11) is 0. The lowest BCUT2D eigenvalue weighted by atomic mass is 10.1. The van der Waals surface area contributed by atoms with E-state index >= 15 is 0 Å². The van der Waals surface area contributed by atoms with Crippen molar-refractivity contribution in [3.05, 3.63) is 93.1 Å². The van der Waals surface area contributed by atoms with Crippen LogP contribution in [0.25, 0.3) is 6.08 Å². The maximum absolute atomic E-state index is 12.2. The van der Waals surface area contributed by atoms with Crippen LogP contribution in [0.3, 0.4) is 0 Å². The summed E-state index contributed by atoms with van der Waals surface area (Å²) in [5, 5.41) is 5.25. The van der Waals surface area contributed by atoms with Crippen molar-refractivity contribution in [2.45, 2.75) is 0 Å². The molecule has 0 atom stereocenters. The van der Waals surface area contributed by atoms with Gasteiger partial charge < -0.3 is 5.32 Å². The fraction of sp³-hybridized carbons (Fsp3) is 0. The number of hydrogen-bond acceptors (Lipinski definition) is 3. The van der Waals surface area contributed by atoms with Crippen LogP contribution in [0.4, 0.5) is 5.69 Å². The van der Waals surface area contributed by atoms with E-state index in [0.717, 1.165) is 5.56 Å². The van der Waals surface area contributed by atoms with Crippen molar-refractivity contribution in [3.63, 3.8) is 0 Å². The van der Waals surface area contributed by atoms with Gasteiger partial charge in [-0.05, 0) is 59.5 Å². The molecular weight excluding hydrogens is 354 g/mol. The van der Waals surface area contributed by atoms with Crippen LogP contribution in [0.2, 0.25) is 5.02 Å². The first-order chi connectivity index (χ1) is 12.1. The summed E-state index contributed by atoms with van der Waals surface area (Å²) in [6, 6.07) is 17.7. The van der Waals surface area contributed by atoms with Gasteiger partial charge in [-0.1, -0.05) is 35.9 Å². The molecule has 25 heavy (non-hydrogen) atoms. The number of rotatable bonds is 5. The van der Waals surface area contributed by atoms with Gasteiger partial charge in [0, 0.05) is 16.3 Å². The van der Waals surface area contributed by atoms with Gasteiger partial charge in [0.15, 0.2) is 5.78 Å². The van der Waals surface area contributed by atoms with Crippen LogP contribution < -0.4 is 5.32 Å². The molecule has 2 aromatic carbocycles. The third kappa shape index (κ3) is 4.44. The second-order valence-electron chi connectivity index (χ2n) is 5.23. The summed E-state index contributed by atoms with van der Waals surface area (Å²) in [6.45, 7) is 0. The molecule has 0 bridgehead atoms. The number of hydrogen-bond donors (Lipinski definition) is 1. The summed E-state index contributed by atoms with van der Waals surface area (Å²) in [4.78, 5) is 24.9. The number of ketones is 1. The number of amides is 1. The molecule has 0 radical (unpaired) electrons. The summed E-state index contributed by atoms with van der Waals surface area (Å²) in [6.07, 6.45) is 3.18. The monoisotopic (exact) mass is 367 g/mol. The van der Waals surface area contributed by atoms with Gasteiger partial charge in [-0.15, -0.1) is 11.3 Å². The fourth-order valence-corrected chi connectivity index (χ4v) is 3.01. The third-order valence-corrected chi connectivity index (χ3v) is 4.70. The molecule has 0 aliphatic heterocycles. The second kappa shape index (κ2) is 7.92. The Balaban J connectivity index is 1.66. The van der Waals surface area contributed by atoms with Gasteiger partial charge in [0.05, 0.1) is 4.88 Å².